The average Bonchev–Trinajstić information content (AvgIpc) is 3.21. The SMILES string of the molecule is CC(C)(C)OC(=O)N1CCC(c2coc3c(NCc4ccc(S(C)(=O)=O)cc4)ncnc23)CC1. The third kappa shape index (κ3) is 5.49. The fourth-order valence-corrected chi connectivity index (χ4v) is 4.66. The molecule has 3 heterocycles. The quantitative estimate of drug-likeness (QED) is 0.566. The monoisotopic (exact) mass is 486 g/mol. The number of hydrogen-bond acceptors (Lipinski definition) is 8. The third-order valence-corrected chi connectivity index (χ3v) is 6.91. The highest BCUT2D eigenvalue weighted by Gasteiger charge is 2.29. The summed E-state index contributed by atoms with van der Waals surface area (Å²) in [5.41, 5.74) is 2.77. The van der Waals surface area contributed by atoms with Gasteiger partial charge in [0.25, 0.3) is 0 Å². The van der Waals surface area contributed by atoms with E-state index in [0.29, 0.717) is 31.0 Å². The lowest BCUT2D eigenvalue weighted by Crippen LogP contribution is -2.41. The molecule has 1 fully saturated rings. The van der Waals surface area contributed by atoms with Gasteiger partial charge in [-0.2, -0.15) is 0 Å². The number of carbonyl (C=O) groups is 1. The molecular weight excluding hydrogens is 456 g/mol. The summed E-state index contributed by atoms with van der Waals surface area (Å²) in [6, 6.07) is 6.73. The van der Waals surface area contributed by atoms with E-state index in [1.165, 1.54) is 12.6 Å². The van der Waals surface area contributed by atoms with E-state index in [9.17, 15) is 13.2 Å². The van der Waals surface area contributed by atoms with Crippen LogP contribution in [-0.4, -0.2) is 54.3 Å². The number of nitrogens with zero attached hydrogens (tertiary/aromatic N) is 3. The Bertz CT molecular complexity index is 1270. The van der Waals surface area contributed by atoms with Gasteiger partial charge in [0.05, 0.1) is 11.2 Å². The van der Waals surface area contributed by atoms with Crippen LogP contribution in [0.5, 0.6) is 0 Å². The van der Waals surface area contributed by atoms with Gasteiger partial charge in [-0.15, -0.1) is 0 Å². The van der Waals surface area contributed by atoms with Gasteiger partial charge in [-0.25, -0.2) is 23.2 Å². The van der Waals surface area contributed by atoms with Crippen LogP contribution in [0.2, 0.25) is 0 Å². The summed E-state index contributed by atoms with van der Waals surface area (Å²) in [5, 5.41) is 3.26. The molecule has 0 unspecified atom stereocenters. The minimum atomic E-state index is -3.22. The molecule has 1 aliphatic heterocycles. The summed E-state index contributed by atoms with van der Waals surface area (Å²) < 4.78 is 34.6. The van der Waals surface area contributed by atoms with Gasteiger partial charge < -0.3 is 19.4 Å². The predicted octanol–water partition coefficient (Wildman–Crippen LogP) is 4.35. The first-order valence-electron chi connectivity index (χ1n) is 11.2. The number of aromatic nitrogens is 2. The van der Waals surface area contributed by atoms with Crippen molar-refractivity contribution in [3.63, 3.8) is 0 Å². The maximum absolute atomic E-state index is 12.3. The Morgan fingerprint density at radius 1 is 1.18 bits per heavy atom. The molecule has 0 radical (unpaired) electrons. The molecule has 10 heteroatoms. The first kappa shape index (κ1) is 24.0. The van der Waals surface area contributed by atoms with Crippen molar-refractivity contribution in [2.45, 2.75) is 56.6 Å². The second-order valence-electron chi connectivity index (χ2n) is 9.60. The Kier molecular flexibility index (Phi) is 6.53. The van der Waals surface area contributed by atoms with Crippen molar-refractivity contribution < 1.29 is 22.4 Å². The highest BCUT2D eigenvalue weighted by Crippen LogP contribution is 2.35. The van der Waals surface area contributed by atoms with Crippen LogP contribution in [0.1, 0.15) is 50.7 Å². The molecule has 0 aliphatic carbocycles. The number of nitrogens with one attached hydrogen (secondary N) is 1. The Balaban J connectivity index is 1.43. The molecule has 9 nitrogen and oxygen atoms in total. The molecule has 0 atom stereocenters. The van der Waals surface area contributed by atoms with Gasteiger partial charge in [-0.05, 0) is 57.2 Å². The second-order valence-corrected chi connectivity index (χ2v) is 11.6. The van der Waals surface area contributed by atoms with Crippen molar-refractivity contribution in [1.82, 2.24) is 14.9 Å². The average molecular weight is 487 g/mol. The number of hydrogen-bond donors (Lipinski definition) is 1. The minimum Gasteiger partial charge on any atom is -0.458 e. The van der Waals surface area contributed by atoms with Crippen LogP contribution in [-0.2, 0) is 21.1 Å². The standard InChI is InChI=1S/C24H30N4O5S/c1-24(2,3)33-23(29)28-11-9-17(10-12-28)19-14-32-21-20(19)26-15-27-22(21)25-13-16-5-7-18(8-6-16)34(4,30)31/h5-8,14-15,17H,9-13H2,1-4H3,(H,25,26,27). The highest BCUT2D eigenvalue weighted by atomic mass is 32.2. The number of benzene rings is 1. The molecule has 0 spiro atoms. The maximum Gasteiger partial charge on any atom is 0.410 e. The van der Waals surface area contributed by atoms with E-state index < -0.39 is 15.4 Å². The van der Waals surface area contributed by atoms with Crippen molar-refractivity contribution in [3.05, 3.63) is 48.0 Å². The van der Waals surface area contributed by atoms with Crippen LogP contribution in [0.25, 0.3) is 11.1 Å². The van der Waals surface area contributed by atoms with Crippen LogP contribution in [0.4, 0.5) is 10.6 Å². The minimum absolute atomic E-state index is 0.228. The summed E-state index contributed by atoms with van der Waals surface area (Å²) >= 11 is 0. The second kappa shape index (κ2) is 9.25. The fraction of sp³-hybridized carbons (Fsp3) is 0.458. The number of piperidine rings is 1. The van der Waals surface area contributed by atoms with Crippen LogP contribution in [0.15, 0.2) is 46.2 Å². The molecule has 1 amide bonds. The molecule has 1 saturated heterocycles. The van der Waals surface area contributed by atoms with Crippen molar-refractivity contribution in [1.29, 1.82) is 0 Å². The Labute approximate surface area is 199 Å². The molecule has 0 saturated carbocycles. The van der Waals surface area contributed by atoms with E-state index in [0.717, 1.165) is 29.5 Å². The molecule has 3 aromatic rings. The van der Waals surface area contributed by atoms with Crippen LogP contribution in [0.3, 0.4) is 0 Å². The summed E-state index contributed by atoms with van der Waals surface area (Å²) in [4.78, 5) is 23.2. The molecule has 2 aromatic heterocycles. The van der Waals surface area contributed by atoms with E-state index in [-0.39, 0.29) is 16.9 Å². The van der Waals surface area contributed by atoms with Gasteiger partial charge in [0, 0.05) is 31.5 Å². The van der Waals surface area contributed by atoms with Gasteiger partial charge in [0.1, 0.15) is 17.4 Å². The molecule has 1 aliphatic rings. The predicted molar refractivity (Wildman–Crippen MR) is 128 cm³/mol. The van der Waals surface area contributed by atoms with E-state index in [1.807, 2.05) is 20.8 Å². The van der Waals surface area contributed by atoms with Gasteiger partial charge in [-0.3, -0.25) is 0 Å². The Morgan fingerprint density at radius 2 is 1.85 bits per heavy atom. The molecular formula is C24H30N4O5S. The number of amides is 1. The number of carbonyl (C=O) groups excluding carboxylic acids is 1. The normalized spacial score (nSPS) is 15.5. The third-order valence-electron chi connectivity index (χ3n) is 5.78. The number of furan rings is 1. The Morgan fingerprint density at radius 3 is 2.47 bits per heavy atom. The smallest absolute Gasteiger partial charge is 0.410 e. The summed E-state index contributed by atoms with van der Waals surface area (Å²) in [6.45, 7) is 7.29. The Hall–Kier alpha value is -3.14. The van der Waals surface area contributed by atoms with Crippen LogP contribution >= 0.6 is 0 Å². The number of anilines is 1. The van der Waals surface area contributed by atoms with Gasteiger partial charge in [0.2, 0.25) is 0 Å². The van der Waals surface area contributed by atoms with Crippen LogP contribution in [0, 0.1) is 0 Å². The zero-order valence-corrected chi connectivity index (χ0v) is 20.7. The van der Waals surface area contributed by atoms with E-state index in [4.69, 9.17) is 9.15 Å². The number of likely N-dealkylation sites (tertiary alicyclic amines) is 1. The van der Waals surface area contributed by atoms with Crippen molar-refractivity contribution in [3.8, 4) is 0 Å². The van der Waals surface area contributed by atoms with Crippen molar-refractivity contribution in [2.24, 2.45) is 0 Å². The number of ether oxygens (including phenoxy) is 1. The van der Waals surface area contributed by atoms with Crippen molar-refractivity contribution in [2.75, 3.05) is 24.7 Å². The molecule has 1 aromatic carbocycles. The zero-order valence-electron chi connectivity index (χ0n) is 19.9. The van der Waals surface area contributed by atoms with E-state index in [1.54, 1.807) is 35.4 Å². The zero-order chi connectivity index (χ0) is 24.5. The van der Waals surface area contributed by atoms with Gasteiger partial charge >= 0.3 is 6.09 Å². The first-order chi connectivity index (χ1) is 16.0. The molecule has 4 rings (SSSR count). The molecule has 34 heavy (non-hydrogen) atoms. The van der Waals surface area contributed by atoms with E-state index in [2.05, 4.69) is 15.3 Å². The summed E-state index contributed by atoms with van der Waals surface area (Å²) in [7, 11) is -3.22. The molecule has 182 valence electrons. The van der Waals surface area contributed by atoms with Gasteiger partial charge in [0.15, 0.2) is 21.2 Å². The maximum atomic E-state index is 12.3. The molecule has 1 N–H and O–H groups in total. The number of sulfone groups is 1. The lowest BCUT2D eigenvalue weighted by molar-refractivity contribution is 0.0205. The van der Waals surface area contributed by atoms with Gasteiger partial charge in [-0.1, -0.05) is 12.1 Å². The summed E-state index contributed by atoms with van der Waals surface area (Å²) in [6.07, 6.45) is 5.75. The number of rotatable bonds is 5. The van der Waals surface area contributed by atoms with E-state index >= 15 is 0 Å². The largest absolute Gasteiger partial charge is 0.458 e. The van der Waals surface area contributed by atoms with Crippen LogP contribution < -0.4 is 5.32 Å². The summed E-state index contributed by atoms with van der Waals surface area (Å²) in [5.74, 6) is 0.806. The lowest BCUT2D eigenvalue weighted by atomic mass is 9.90. The number of fused-ring (bicyclic) bond motifs is 1. The first-order valence-corrected chi connectivity index (χ1v) is 13.1. The fourth-order valence-electron chi connectivity index (χ4n) is 4.02. The highest BCUT2D eigenvalue weighted by molar-refractivity contribution is 7.90. The lowest BCUT2D eigenvalue weighted by Gasteiger charge is -2.33. The topological polar surface area (TPSA) is 115 Å². The molecule has 0 bridgehead atoms. The van der Waals surface area contributed by atoms with Crippen molar-refractivity contribution >= 4 is 32.8 Å².